The Bertz CT molecular complexity index is 225. The second-order valence-corrected chi connectivity index (χ2v) is 6.26. The molecule has 0 rings (SSSR count). The SMILES string of the molecule is CSC(CCC#CC(C)C)CCCNC(C)C. The molecule has 0 bridgehead atoms. The average molecular weight is 255 g/mol. The van der Waals surface area contributed by atoms with Crippen LogP contribution in [0.2, 0.25) is 0 Å². The van der Waals surface area contributed by atoms with Crippen LogP contribution in [-0.2, 0) is 0 Å². The highest BCUT2D eigenvalue weighted by Gasteiger charge is 2.05. The molecular formula is C15H29NS. The molecule has 0 saturated carbocycles. The third kappa shape index (κ3) is 12.1. The first kappa shape index (κ1) is 16.9. The van der Waals surface area contributed by atoms with Gasteiger partial charge in [0, 0.05) is 23.6 Å². The summed E-state index contributed by atoms with van der Waals surface area (Å²) in [5.41, 5.74) is 0. The zero-order chi connectivity index (χ0) is 13.1. The minimum absolute atomic E-state index is 0.512. The van der Waals surface area contributed by atoms with Gasteiger partial charge in [-0.25, -0.2) is 0 Å². The summed E-state index contributed by atoms with van der Waals surface area (Å²) in [7, 11) is 0. The Morgan fingerprint density at radius 2 is 1.82 bits per heavy atom. The normalized spacial score (nSPS) is 12.6. The van der Waals surface area contributed by atoms with Crippen LogP contribution in [0.3, 0.4) is 0 Å². The Hall–Kier alpha value is -0.130. The van der Waals surface area contributed by atoms with Gasteiger partial charge in [-0.1, -0.05) is 27.7 Å². The van der Waals surface area contributed by atoms with E-state index in [9.17, 15) is 0 Å². The molecule has 0 aromatic rings. The second kappa shape index (κ2) is 11.0. The quantitative estimate of drug-likeness (QED) is 0.521. The number of hydrogen-bond acceptors (Lipinski definition) is 2. The average Bonchev–Trinajstić information content (AvgIpc) is 2.26. The molecule has 1 nitrogen and oxygen atoms in total. The van der Waals surface area contributed by atoms with Crippen LogP contribution in [0.5, 0.6) is 0 Å². The van der Waals surface area contributed by atoms with E-state index in [0.717, 1.165) is 18.2 Å². The van der Waals surface area contributed by atoms with Crippen molar-refractivity contribution in [3.8, 4) is 11.8 Å². The van der Waals surface area contributed by atoms with Crippen molar-refractivity contribution >= 4 is 11.8 Å². The van der Waals surface area contributed by atoms with Gasteiger partial charge in [-0.3, -0.25) is 0 Å². The molecule has 0 aliphatic carbocycles. The molecule has 0 spiro atoms. The van der Waals surface area contributed by atoms with E-state index in [2.05, 4.69) is 51.1 Å². The van der Waals surface area contributed by atoms with Crippen molar-refractivity contribution in [2.24, 2.45) is 5.92 Å². The van der Waals surface area contributed by atoms with Crippen LogP contribution in [0.4, 0.5) is 0 Å². The topological polar surface area (TPSA) is 12.0 Å². The van der Waals surface area contributed by atoms with E-state index in [1.54, 1.807) is 0 Å². The number of thioether (sulfide) groups is 1. The minimum atomic E-state index is 0.512. The lowest BCUT2D eigenvalue weighted by molar-refractivity contribution is 0.548. The summed E-state index contributed by atoms with van der Waals surface area (Å²) in [4.78, 5) is 0. The molecule has 1 atom stereocenters. The van der Waals surface area contributed by atoms with Crippen molar-refractivity contribution in [1.29, 1.82) is 0 Å². The Morgan fingerprint density at radius 1 is 1.12 bits per heavy atom. The van der Waals surface area contributed by atoms with Gasteiger partial charge in [0.1, 0.15) is 0 Å². The Morgan fingerprint density at radius 3 is 2.35 bits per heavy atom. The lowest BCUT2D eigenvalue weighted by atomic mass is 10.1. The zero-order valence-electron chi connectivity index (χ0n) is 12.2. The molecular weight excluding hydrogens is 226 g/mol. The van der Waals surface area contributed by atoms with Gasteiger partial charge >= 0.3 is 0 Å². The molecule has 0 aliphatic heterocycles. The van der Waals surface area contributed by atoms with Crippen molar-refractivity contribution in [2.75, 3.05) is 12.8 Å². The molecule has 1 N–H and O–H groups in total. The van der Waals surface area contributed by atoms with Crippen molar-refractivity contribution < 1.29 is 0 Å². The predicted octanol–water partition coefficient (Wildman–Crippen LogP) is 3.94. The number of nitrogens with one attached hydrogen (secondary N) is 1. The molecule has 0 radical (unpaired) electrons. The highest BCUT2D eigenvalue weighted by Crippen LogP contribution is 2.18. The fourth-order valence-electron chi connectivity index (χ4n) is 1.61. The second-order valence-electron chi connectivity index (χ2n) is 5.12. The maximum atomic E-state index is 3.47. The zero-order valence-corrected chi connectivity index (χ0v) is 13.0. The molecule has 17 heavy (non-hydrogen) atoms. The maximum Gasteiger partial charge on any atom is 0.0146 e. The van der Waals surface area contributed by atoms with E-state index >= 15 is 0 Å². The molecule has 0 saturated heterocycles. The van der Waals surface area contributed by atoms with Gasteiger partial charge in [0.2, 0.25) is 0 Å². The molecule has 100 valence electrons. The van der Waals surface area contributed by atoms with Crippen LogP contribution >= 0.6 is 11.8 Å². The molecule has 0 heterocycles. The van der Waals surface area contributed by atoms with E-state index in [-0.39, 0.29) is 0 Å². The standard InChI is InChI=1S/C15H29NS/c1-13(2)9-6-7-10-15(17-5)11-8-12-16-14(3)4/h13-16H,7-8,10-12H2,1-5H3. The summed E-state index contributed by atoms with van der Waals surface area (Å²) < 4.78 is 0. The highest BCUT2D eigenvalue weighted by molar-refractivity contribution is 7.99. The Balaban J connectivity index is 3.60. The number of hydrogen-bond donors (Lipinski definition) is 1. The van der Waals surface area contributed by atoms with Gasteiger partial charge in [0.05, 0.1) is 0 Å². The van der Waals surface area contributed by atoms with E-state index in [0.29, 0.717) is 12.0 Å². The fourth-order valence-corrected chi connectivity index (χ4v) is 2.37. The van der Waals surface area contributed by atoms with Gasteiger partial charge in [-0.2, -0.15) is 11.8 Å². The third-order valence-electron chi connectivity index (χ3n) is 2.57. The highest BCUT2D eigenvalue weighted by atomic mass is 32.2. The van der Waals surface area contributed by atoms with Gasteiger partial charge in [-0.05, 0) is 32.1 Å². The Kier molecular flexibility index (Phi) is 10.9. The molecule has 0 amide bonds. The van der Waals surface area contributed by atoms with E-state index in [4.69, 9.17) is 0 Å². The third-order valence-corrected chi connectivity index (χ3v) is 3.71. The number of rotatable bonds is 8. The summed E-state index contributed by atoms with van der Waals surface area (Å²) in [5.74, 6) is 7.03. The smallest absolute Gasteiger partial charge is 0.0146 e. The first-order valence-electron chi connectivity index (χ1n) is 6.80. The van der Waals surface area contributed by atoms with E-state index in [1.165, 1.54) is 19.3 Å². The molecule has 0 aromatic carbocycles. The van der Waals surface area contributed by atoms with Crippen molar-refractivity contribution in [3.63, 3.8) is 0 Å². The summed E-state index contributed by atoms with van der Waals surface area (Å²) in [6.07, 6.45) is 7.10. The maximum absolute atomic E-state index is 3.47. The largest absolute Gasteiger partial charge is 0.315 e. The first-order valence-corrected chi connectivity index (χ1v) is 8.09. The van der Waals surface area contributed by atoms with Crippen LogP contribution in [-0.4, -0.2) is 24.1 Å². The minimum Gasteiger partial charge on any atom is -0.315 e. The monoisotopic (exact) mass is 255 g/mol. The van der Waals surface area contributed by atoms with Gasteiger partial charge < -0.3 is 5.32 Å². The van der Waals surface area contributed by atoms with Crippen molar-refractivity contribution in [2.45, 2.75) is 64.7 Å². The van der Waals surface area contributed by atoms with Gasteiger partial charge in [-0.15, -0.1) is 11.8 Å². The molecule has 0 aromatic heterocycles. The molecule has 2 heteroatoms. The lowest BCUT2D eigenvalue weighted by Gasteiger charge is -2.14. The summed E-state index contributed by atoms with van der Waals surface area (Å²) in [6, 6.07) is 0.611. The summed E-state index contributed by atoms with van der Waals surface area (Å²) in [6.45, 7) is 9.85. The van der Waals surface area contributed by atoms with Crippen LogP contribution in [0.25, 0.3) is 0 Å². The molecule has 1 unspecified atom stereocenters. The lowest BCUT2D eigenvalue weighted by Crippen LogP contribution is -2.24. The van der Waals surface area contributed by atoms with E-state index in [1.807, 2.05) is 11.8 Å². The fraction of sp³-hybridized carbons (Fsp3) is 0.867. The van der Waals surface area contributed by atoms with Crippen LogP contribution in [0.15, 0.2) is 0 Å². The summed E-state index contributed by atoms with van der Waals surface area (Å²) in [5, 5.41) is 4.25. The van der Waals surface area contributed by atoms with Gasteiger partial charge in [0.25, 0.3) is 0 Å². The van der Waals surface area contributed by atoms with Crippen molar-refractivity contribution in [1.82, 2.24) is 5.32 Å². The van der Waals surface area contributed by atoms with Crippen LogP contribution < -0.4 is 5.32 Å². The Labute approximate surface area is 113 Å². The first-order chi connectivity index (χ1) is 8.06. The van der Waals surface area contributed by atoms with E-state index < -0.39 is 0 Å². The molecule has 0 fully saturated rings. The van der Waals surface area contributed by atoms with Gasteiger partial charge in [0.15, 0.2) is 0 Å². The van der Waals surface area contributed by atoms with Crippen LogP contribution in [0.1, 0.15) is 53.4 Å². The van der Waals surface area contributed by atoms with Crippen molar-refractivity contribution in [3.05, 3.63) is 0 Å². The van der Waals surface area contributed by atoms with Crippen LogP contribution in [0, 0.1) is 17.8 Å². The molecule has 0 aliphatic rings. The summed E-state index contributed by atoms with van der Waals surface area (Å²) >= 11 is 1.99. The predicted molar refractivity (Wildman–Crippen MR) is 81.5 cm³/mol.